The van der Waals surface area contributed by atoms with Crippen LogP contribution < -0.4 is 5.32 Å². The fourth-order valence-electron chi connectivity index (χ4n) is 4.09. The number of nitrogens with one attached hydrogen (secondary N) is 1. The van der Waals surface area contributed by atoms with Gasteiger partial charge in [0.05, 0.1) is 19.3 Å². The third-order valence-electron chi connectivity index (χ3n) is 6.28. The van der Waals surface area contributed by atoms with Gasteiger partial charge in [0, 0.05) is 6.54 Å². The molecule has 180 valence electrons. The standard InChI is InChI=1S/C27H37NO5/c1-4-24-20(2)21(3)25(31-18-22-12-7-5-8-13-22)26(33-24)30-17-11-16-28-27(29)32-19-23-14-9-6-10-15-23/h5-10,12-15,20-21,24-26H,4,11,16-19H2,1-3H3,(H,28,29)/t20-,21-,24?,25?,26-/m0/s1. The van der Waals surface area contributed by atoms with E-state index in [0.29, 0.717) is 38.0 Å². The lowest BCUT2D eigenvalue weighted by Gasteiger charge is -2.44. The third-order valence-corrected chi connectivity index (χ3v) is 6.28. The van der Waals surface area contributed by atoms with Crippen molar-refractivity contribution in [3.8, 4) is 0 Å². The predicted molar refractivity (Wildman–Crippen MR) is 127 cm³/mol. The topological polar surface area (TPSA) is 66.0 Å². The average molecular weight is 456 g/mol. The molecule has 1 N–H and O–H groups in total. The molecule has 0 aromatic heterocycles. The maximum Gasteiger partial charge on any atom is 0.407 e. The minimum absolute atomic E-state index is 0.146. The highest BCUT2D eigenvalue weighted by atomic mass is 16.7. The van der Waals surface area contributed by atoms with Gasteiger partial charge in [-0.2, -0.15) is 0 Å². The molecule has 33 heavy (non-hydrogen) atoms. The molecule has 2 aromatic carbocycles. The summed E-state index contributed by atoms with van der Waals surface area (Å²) < 4.78 is 23.9. The molecular formula is C27H37NO5. The summed E-state index contributed by atoms with van der Waals surface area (Å²) in [6.45, 7) is 8.29. The lowest BCUT2D eigenvalue weighted by molar-refractivity contribution is -0.282. The molecular weight excluding hydrogens is 418 g/mol. The van der Waals surface area contributed by atoms with Gasteiger partial charge in [0.1, 0.15) is 12.7 Å². The molecule has 0 saturated carbocycles. The molecule has 0 aliphatic carbocycles. The van der Waals surface area contributed by atoms with Crippen LogP contribution in [0.4, 0.5) is 4.79 Å². The summed E-state index contributed by atoms with van der Waals surface area (Å²) in [6.07, 6.45) is 0.748. The van der Waals surface area contributed by atoms with Crippen molar-refractivity contribution in [2.24, 2.45) is 11.8 Å². The molecule has 6 nitrogen and oxygen atoms in total. The number of alkyl carbamates (subject to hydrolysis) is 1. The molecule has 0 spiro atoms. The van der Waals surface area contributed by atoms with Gasteiger partial charge >= 0.3 is 6.09 Å². The van der Waals surface area contributed by atoms with Crippen molar-refractivity contribution in [3.05, 3.63) is 71.8 Å². The van der Waals surface area contributed by atoms with Gasteiger partial charge in [-0.25, -0.2) is 4.79 Å². The van der Waals surface area contributed by atoms with Gasteiger partial charge in [-0.05, 0) is 35.8 Å². The SMILES string of the molecule is CCC1O[C@H](OCCCNC(=O)OCc2ccccc2)C(OCc2ccccc2)[C@@H](C)[C@@H]1C. The second kappa shape index (κ2) is 13.3. The van der Waals surface area contributed by atoms with E-state index in [2.05, 4.69) is 38.2 Å². The van der Waals surface area contributed by atoms with Crippen LogP contribution >= 0.6 is 0 Å². The minimum Gasteiger partial charge on any atom is -0.445 e. The van der Waals surface area contributed by atoms with Crippen LogP contribution in [0, 0.1) is 11.8 Å². The Morgan fingerprint density at radius 2 is 1.55 bits per heavy atom. The number of hydrogen-bond donors (Lipinski definition) is 1. The van der Waals surface area contributed by atoms with Crippen molar-refractivity contribution in [2.75, 3.05) is 13.2 Å². The van der Waals surface area contributed by atoms with Gasteiger partial charge in [-0.1, -0.05) is 81.4 Å². The third kappa shape index (κ3) is 7.84. The van der Waals surface area contributed by atoms with Crippen LogP contribution in [0.15, 0.2) is 60.7 Å². The van der Waals surface area contributed by atoms with E-state index in [0.717, 1.165) is 17.5 Å². The first-order chi connectivity index (χ1) is 16.1. The quantitative estimate of drug-likeness (QED) is 0.465. The van der Waals surface area contributed by atoms with Crippen molar-refractivity contribution < 1.29 is 23.7 Å². The molecule has 2 aromatic rings. The fourth-order valence-corrected chi connectivity index (χ4v) is 4.09. The van der Waals surface area contributed by atoms with E-state index in [-0.39, 0.29) is 18.8 Å². The van der Waals surface area contributed by atoms with E-state index in [1.54, 1.807) is 0 Å². The lowest BCUT2D eigenvalue weighted by atomic mass is 9.82. The first-order valence-electron chi connectivity index (χ1n) is 12.0. The Morgan fingerprint density at radius 1 is 0.909 bits per heavy atom. The van der Waals surface area contributed by atoms with Crippen molar-refractivity contribution in [2.45, 2.75) is 65.3 Å². The molecule has 2 unspecified atom stereocenters. The zero-order chi connectivity index (χ0) is 23.5. The Bertz CT molecular complexity index is 816. The molecule has 0 radical (unpaired) electrons. The van der Waals surface area contributed by atoms with E-state index in [1.165, 1.54) is 0 Å². The smallest absolute Gasteiger partial charge is 0.407 e. The normalized spacial score (nSPS) is 24.9. The Labute approximate surface area is 197 Å². The number of ether oxygens (including phenoxy) is 4. The fraction of sp³-hybridized carbons (Fsp3) is 0.519. The summed E-state index contributed by atoms with van der Waals surface area (Å²) in [5.41, 5.74) is 2.09. The van der Waals surface area contributed by atoms with Crippen molar-refractivity contribution >= 4 is 6.09 Å². The highest BCUT2D eigenvalue weighted by Gasteiger charge is 2.42. The lowest BCUT2D eigenvalue weighted by Crippen LogP contribution is -2.51. The molecule has 6 heteroatoms. The number of carbonyl (C=O) groups excluding carboxylic acids is 1. The zero-order valence-corrected chi connectivity index (χ0v) is 19.9. The largest absolute Gasteiger partial charge is 0.445 e. The first-order valence-corrected chi connectivity index (χ1v) is 12.0. The van der Waals surface area contributed by atoms with Gasteiger partial charge in [0.25, 0.3) is 0 Å². The van der Waals surface area contributed by atoms with E-state index >= 15 is 0 Å². The van der Waals surface area contributed by atoms with Crippen molar-refractivity contribution in [1.29, 1.82) is 0 Å². The van der Waals surface area contributed by atoms with E-state index < -0.39 is 12.4 Å². The summed E-state index contributed by atoms with van der Waals surface area (Å²) in [5.74, 6) is 0.695. The molecule has 1 fully saturated rings. The molecule has 0 bridgehead atoms. The van der Waals surface area contributed by atoms with E-state index in [9.17, 15) is 4.79 Å². The number of hydrogen-bond acceptors (Lipinski definition) is 5. The van der Waals surface area contributed by atoms with Crippen LogP contribution in [-0.4, -0.2) is 37.7 Å². The maximum atomic E-state index is 11.9. The highest BCUT2D eigenvalue weighted by Crippen LogP contribution is 2.35. The Kier molecular flexibility index (Phi) is 10.2. The highest BCUT2D eigenvalue weighted by molar-refractivity contribution is 5.67. The zero-order valence-electron chi connectivity index (χ0n) is 19.9. The van der Waals surface area contributed by atoms with Gasteiger partial charge in [0.2, 0.25) is 0 Å². The van der Waals surface area contributed by atoms with E-state index in [1.807, 2.05) is 48.5 Å². The summed E-state index contributed by atoms with van der Waals surface area (Å²) in [6, 6.07) is 19.8. The Morgan fingerprint density at radius 3 is 2.18 bits per heavy atom. The van der Waals surface area contributed by atoms with Crippen LogP contribution in [0.3, 0.4) is 0 Å². The molecule has 1 saturated heterocycles. The number of rotatable bonds is 11. The van der Waals surface area contributed by atoms with Crippen LogP contribution in [0.1, 0.15) is 44.7 Å². The summed E-state index contributed by atoms with van der Waals surface area (Å²) in [4.78, 5) is 11.9. The molecule has 5 atom stereocenters. The monoisotopic (exact) mass is 455 g/mol. The molecule has 1 heterocycles. The van der Waals surface area contributed by atoms with Crippen LogP contribution in [-0.2, 0) is 32.2 Å². The number of amides is 1. The second-order valence-corrected chi connectivity index (χ2v) is 8.64. The van der Waals surface area contributed by atoms with Gasteiger partial charge < -0.3 is 24.3 Å². The Hall–Kier alpha value is -2.41. The molecule has 1 aliphatic rings. The minimum atomic E-state index is -0.426. The summed E-state index contributed by atoms with van der Waals surface area (Å²) in [5, 5.41) is 2.77. The van der Waals surface area contributed by atoms with Gasteiger partial charge in [-0.3, -0.25) is 0 Å². The second-order valence-electron chi connectivity index (χ2n) is 8.64. The number of benzene rings is 2. The van der Waals surface area contributed by atoms with Crippen LogP contribution in [0.5, 0.6) is 0 Å². The van der Waals surface area contributed by atoms with Crippen LogP contribution in [0.25, 0.3) is 0 Å². The predicted octanol–water partition coefficient (Wildman–Crippen LogP) is 5.31. The van der Waals surface area contributed by atoms with Crippen molar-refractivity contribution in [1.82, 2.24) is 5.32 Å². The average Bonchev–Trinajstić information content (AvgIpc) is 2.85. The van der Waals surface area contributed by atoms with E-state index in [4.69, 9.17) is 18.9 Å². The first kappa shape index (κ1) is 25.2. The summed E-state index contributed by atoms with van der Waals surface area (Å²) >= 11 is 0. The Balaban J connectivity index is 1.42. The van der Waals surface area contributed by atoms with Gasteiger partial charge in [0.15, 0.2) is 6.29 Å². The maximum absolute atomic E-state index is 11.9. The van der Waals surface area contributed by atoms with Gasteiger partial charge in [-0.15, -0.1) is 0 Å². The summed E-state index contributed by atoms with van der Waals surface area (Å²) in [7, 11) is 0. The molecule has 1 amide bonds. The van der Waals surface area contributed by atoms with Crippen LogP contribution in [0.2, 0.25) is 0 Å². The van der Waals surface area contributed by atoms with Crippen molar-refractivity contribution in [3.63, 3.8) is 0 Å². The molecule has 1 aliphatic heterocycles. The number of carbonyl (C=O) groups is 1. The molecule has 3 rings (SSSR count).